The highest BCUT2D eigenvalue weighted by Crippen LogP contribution is 2.38. The van der Waals surface area contributed by atoms with Crippen LogP contribution in [0.5, 0.6) is 11.5 Å². The van der Waals surface area contributed by atoms with Crippen molar-refractivity contribution in [1.82, 2.24) is 4.98 Å². The van der Waals surface area contributed by atoms with Gasteiger partial charge < -0.3 is 19.8 Å². The van der Waals surface area contributed by atoms with E-state index < -0.39 is 0 Å². The lowest BCUT2D eigenvalue weighted by Gasteiger charge is -2.20. The molecule has 0 spiro atoms. The van der Waals surface area contributed by atoms with Crippen LogP contribution in [0.4, 0.5) is 5.69 Å². The van der Waals surface area contributed by atoms with Crippen LogP contribution in [-0.2, 0) is 0 Å². The first kappa shape index (κ1) is 15.8. The summed E-state index contributed by atoms with van der Waals surface area (Å²) >= 11 is 6.26. The average molecular weight is 357 g/mol. The van der Waals surface area contributed by atoms with Gasteiger partial charge in [-0.2, -0.15) is 0 Å². The first-order valence-corrected chi connectivity index (χ1v) is 8.40. The normalized spacial score (nSPS) is 13.1. The largest absolute Gasteiger partial charge is 0.486 e. The quantitative estimate of drug-likeness (QED) is 0.712. The van der Waals surface area contributed by atoms with Crippen LogP contribution in [0.1, 0.15) is 21.6 Å². The van der Waals surface area contributed by atoms with Crippen LogP contribution in [0, 0.1) is 13.8 Å². The van der Waals surface area contributed by atoms with Gasteiger partial charge in [-0.15, -0.1) is 0 Å². The fourth-order valence-electron chi connectivity index (χ4n) is 2.96. The lowest BCUT2D eigenvalue weighted by molar-refractivity contribution is 0.102. The maximum atomic E-state index is 12.6. The van der Waals surface area contributed by atoms with Crippen LogP contribution >= 0.6 is 11.6 Å². The number of aryl methyl sites for hydroxylation is 2. The van der Waals surface area contributed by atoms with Gasteiger partial charge in [-0.25, -0.2) is 0 Å². The summed E-state index contributed by atoms with van der Waals surface area (Å²) in [5.74, 6) is 0.950. The van der Waals surface area contributed by atoms with Gasteiger partial charge >= 0.3 is 0 Å². The number of amides is 1. The molecule has 2 heterocycles. The minimum Gasteiger partial charge on any atom is -0.486 e. The SMILES string of the molecule is Cc1[nH]c2ccc(C(=O)Nc3cc4c(cc3Cl)OCCO4)cc2c1C. The van der Waals surface area contributed by atoms with Crippen molar-refractivity contribution in [3.8, 4) is 11.5 Å². The van der Waals surface area contributed by atoms with Gasteiger partial charge in [-0.1, -0.05) is 11.6 Å². The highest BCUT2D eigenvalue weighted by Gasteiger charge is 2.17. The number of aromatic amines is 1. The van der Waals surface area contributed by atoms with E-state index in [1.165, 1.54) is 0 Å². The molecule has 1 amide bonds. The van der Waals surface area contributed by atoms with Gasteiger partial charge in [0.2, 0.25) is 0 Å². The number of carbonyl (C=O) groups is 1. The number of aromatic nitrogens is 1. The minimum absolute atomic E-state index is 0.223. The van der Waals surface area contributed by atoms with Crippen molar-refractivity contribution in [3.05, 3.63) is 52.2 Å². The van der Waals surface area contributed by atoms with E-state index in [4.69, 9.17) is 21.1 Å². The van der Waals surface area contributed by atoms with Crippen molar-refractivity contribution in [1.29, 1.82) is 0 Å². The summed E-state index contributed by atoms with van der Waals surface area (Å²) in [5.41, 5.74) is 4.33. The van der Waals surface area contributed by atoms with E-state index in [1.807, 2.05) is 26.0 Å². The lowest BCUT2D eigenvalue weighted by Crippen LogP contribution is -2.17. The number of carbonyl (C=O) groups excluding carboxylic acids is 1. The summed E-state index contributed by atoms with van der Waals surface area (Å²) in [7, 11) is 0. The topological polar surface area (TPSA) is 63.4 Å². The van der Waals surface area contributed by atoms with Crippen LogP contribution < -0.4 is 14.8 Å². The Bertz CT molecular complexity index is 994. The number of fused-ring (bicyclic) bond motifs is 2. The molecule has 0 unspecified atom stereocenters. The smallest absolute Gasteiger partial charge is 0.255 e. The minimum atomic E-state index is -0.223. The van der Waals surface area contributed by atoms with Crippen LogP contribution in [-0.4, -0.2) is 24.1 Å². The number of H-pyrrole nitrogens is 1. The molecular formula is C19H17ClN2O3. The van der Waals surface area contributed by atoms with Crippen LogP contribution in [0.15, 0.2) is 30.3 Å². The van der Waals surface area contributed by atoms with E-state index in [9.17, 15) is 4.79 Å². The second-order valence-electron chi connectivity index (χ2n) is 6.07. The molecule has 128 valence electrons. The maximum absolute atomic E-state index is 12.6. The fourth-order valence-corrected chi connectivity index (χ4v) is 3.16. The summed E-state index contributed by atoms with van der Waals surface area (Å²) in [6, 6.07) is 8.94. The van der Waals surface area contributed by atoms with Crippen molar-refractivity contribution in [2.45, 2.75) is 13.8 Å². The summed E-state index contributed by atoms with van der Waals surface area (Å²) in [4.78, 5) is 15.9. The van der Waals surface area contributed by atoms with E-state index in [2.05, 4.69) is 10.3 Å². The summed E-state index contributed by atoms with van der Waals surface area (Å²) < 4.78 is 11.0. The number of benzene rings is 2. The molecule has 1 aliphatic rings. The molecule has 1 aromatic heterocycles. The van der Waals surface area contributed by atoms with Gasteiger partial charge in [0, 0.05) is 34.3 Å². The molecule has 4 rings (SSSR count). The van der Waals surface area contributed by atoms with Gasteiger partial charge in [-0.05, 0) is 37.6 Å². The summed E-state index contributed by atoms with van der Waals surface area (Å²) in [6.45, 7) is 5.02. The Morgan fingerprint density at radius 1 is 1.12 bits per heavy atom. The molecule has 2 aromatic carbocycles. The van der Waals surface area contributed by atoms with E-state index in [-0.39, 0.29) is 5.91 Å². The molecule has 0 saturated heterocycles. The van der Waals surface area contributed by atoms with Gasteiger partial charge in [0.25, 0.3) is 5.91 Å². The molecule has 0 bridgehead atoms. The van der Waals surface area contributed by atoms with E-state index in [0.717, 1.165) is 22.2 Å². The zero-order chi connectivity index (χ0) is 17.6. The zero-order valence-corrected chi connectivity index (χ0v) is 14.7. The summed E-state index contributed by atoms with van der Waals surface area (Å²) in [5, 5.41) is 4.30. The van der Waals surface area contributed by atoms with E-state index >= 15 is 0 Å². The fraction of sp³-hybridized carbons (Fsp3) is 0.211. The standard InChI is InChI=1S/C19H17ClN2O3/c1-10-11(2)21-15-4-3-12(7-13(10)15)19(23)22-16-9-18-17(8-14(16)20)24-5-6-25-18/h3-4,7-9,21H,5-6H2,1-2H3,(H,22,23). The van der Waals surface area contributed by atoms with Crippen LogP contribution in [0.2, 0.25) is 5.02 Å². The first-order valence-electron chi connectivity index (χ1n) is 8.02. The average Bonchev–Trinajstić information content (AvgIpc) is 2.89. The predicted molar refractivity (Wildman–Crippen MR) is 98.2 cm³/mol. The molecule has 0 atom stereocenters. The Morgan fingerprint density at radius 3 is 2.60 bits per heavy atom. The van der Waals surface area contributed by atoms with Crippen molar-refractivity contribution >= 4 is 34.1 Å². The van der Waals surface area contributed by atoms with Crippen molar-refractivity contribution in [2.75, 3.05) is 18.5 Å². The predicted octanol–water partition coefficient (Wildman–Crippen LogP) is 4.46. The Morgan fingerprint density at radius 2 is 1.84 bits per heavy atom. The van der Waals surface area contributed by atoms with Crippen LogP contribution in [0.25, 0.3) is 10.9 Å². The molecule has 3 aromatic rings. The molecule has 1 aliphatic heterocycles. The Balaban J connectivity index is 1.65. The molecule has 0 fully saturated rings. The molecule has 6 heteroatoms. The number of nitrogens with one attached hydrogen (secondary N) is 2. The number of rotatable bonds is 2. The highest BCUT2D eigenvalue weighted by molar-refractivity contribution is 6.34. The summed E-state index contributed by atoms with van der Waals surface area (Å²) in [6.07, 6.45) is 0. The third-order valence-corrected chi connectivity index (χ3v) is 4.76. The monoisotopic (exact) mass is 356 g/mol. The Kier molecular flexibility index (Phi) is 3.81. The lowest BCUT2D eigenvalue weighted by atomic mass is 10.1. The van der Waals surface area contributed by atoms with Gasteiger partial charge in [0.1, 0.15) is 13.2 Å². The first-order chi connectivity index (χ1) is 12.0. The van der Waals surface area contributed by atoms with E-state index in [0.29, 0.717) is 41.0 Å². The number of anilines is 1. The van der Waals surface area contributed by atoms with E-state index in [1.54, 1.807) is 18.2 Å². The molecule has 0 radical (unpaired) electrons. The second-order valence-corrected chi connectivity index (χ2v) is 6.47. The maximum Gasteiger partial charge on any atom is 0.255 e. The van der Waals surface area contributed by atoms with Crippen molar-refractivity contribution in [3.63, 3.8) is 0 Å². The van der Waals surface area contributed by atoms with Crippen molar-refractivity contribution in [2.24, 2.45) is 0 Å². The molecule has 25 heavy (non-hydrogen) atoms. The molecule has 0 aliphatic carbocycles. The van der Waals surface area contributed by atoms with Gasteiger partial charge in [0.15, 0.2) is 11.5 Å². The Labute approximate surface area is 149 Å². The van der Waals surface area contributed by atoms with Gasteiger partial charge in [0.05, 0.1) is 10.7 Å². The van der Waals surface area contributed by atoms with Gasteiger partial charge in [-0.3, -0.25) is 4.79 Å². The van der Waals surface area contributed by atoms with Crippen LogP contribution in [0.3, 0.4) is 0 Å². The number of halogens is 1. The highest BCUT2D eigenvalue weighted by atomic mass is 35.5. The third-order valence-electron chi connectivity index (χ3n) is 4.45. The number of hydrogen-bond donors (Lipinski definition) is 2. The second kappa shape index (κ2) is 6.01. The third kappa shape index (κ3) is 2.81. The number of ether oxygens (including phenoxy) is 2. The molecule has 2 N–H and O–H groups in total. The van der Waals surface area contributed by atoms with Crippen molar-refractivity contribution < 1.29 is 14.3 Å². The molecule has 0 saturated carbocycles. The Hall–Kier alpha value is -2.66. The zero-order valence-electron chi connectivity index (χ0n) is 13.9. The number of hydrogen-bond acceptors (Lipinski definition) is 3. The molecule has 5 nitrogen and oxygen atoms in total. The molecular weight excluding hydrogens is 340 g/mol.